The molecule has 1 saturated heterocycles. The highest BCUT2D eigenvalue weighted by atomic mass is 32.2. The Morgan fingerprint density at radius 1 is 1.00 bits per heavy atom. The van der Waals surface area contributed by atoms with E-state index in [9.17, 15) is 9.59 Å². The number of anilines is 2. The Labute approximate surface area is 148 Å². The van der Waals surface area contributed by atoms with E-state index in [4.69, 9.17) is 0 Å². The molecule has 25 heavy (non-hydrogen) atoms. The zero-order chi connectivity index (χ0) is 17.4. The summed E-state index contributed by atoms with van der Waals surface area (Å²) in [6, 6.07) is 16.6. The van der Waals surface area contributed by atoms with Gasteiger partial charge < -0.3 is 5.32 Å². The molecule has 4 rings (SSSR count). The first kappa shape index (κ1) is 15.6. The van der Waals surface area contributed by atoms with E-state index in [2.05, 4.69) is 15.5 Å². The van der Waals surface area contributed by atoms with Crippen LogP contribution in [0.2, 0.25) is 0 Å². The second kappa shape index (κ2) is 6.18. The minimum absolute atomic E-state index is 0.0496. The molecular formula is C18H14N4O2S. The van der Waals surface area contributed by atoms with Crippen LogP contribution in [0.15, 0.2) is 64.8 Å². The number of hydrogen-bond donors (Lipinski definition) is 1. The first-order valence-electron chi connectivity index (χ1n) is 7.77. The predicted molar refractivity (Wildman–Crippen MR) is 100 cm³/mol. The molecule has 2 aliphatic rings. The van der Waals surface area contributed by atoms with E-state index in [0.29, 0.717) is 10.7 Å². The van der Waals surface area contributed by atoms with E-state index < -0.39 is 0 Å². The first-order valence-corrected chi connectivity index (χ1v) is 8.65. The Kier molecular flexibility index (Phi) is 3.85. The van der Waals surface area contributed by atoms with Crippen LogP contribution in [0.5, 0.6) is 0 Å². The number of amides is 2. The highest BCUT2D eigenvalue weighted by Crippen LogP contribution is 2.32. The summed E-state index contributed by atoms with van der Waals surface area (Å²) < 4.78 is 0. The van der Waals surface area contributed by atoms with Crippen LogP contribution in [0.1, 0.15) is 12.5 Å². The van der Waals surface area contributed by atoms with Gasteiger partial charge in [-0.3, -0.25) is 14.5 Å². The topological polar surface area (TPSA) is 74.1 Å². The summed E-state index contributed by atoms with van der Waals surface area (Å²) in [6.07, 6.45) is 0. The van der Waals surface area contributed by atoms with E-state index in [1.807, 2.05) is 61.5 Å². The number of nitrogens with zero attached hydrogens (tertiary/aromatic N) is 3. The molecule has 6 nitrogen and oxygen atoms in total. The second-order valence-corrected chi connectivity index (χ2v) is 6.91. The smallest absolute Gasteiger partial charge is 0.276 e. The van der Waals surface area contributed by atoms with Crippen LogP contribution >= 0.6 is 11.8 Å². The molecule has 0 spiro atoms. The van der Waals surface area contributed by atoms with Crippen molar-refractivity contribution in [1.29, 1.82) is 0 Å². The van der Waals surface area contributed by atoms with Gasteiger partial charge in [-0.2, -0.15) is 0 Å². The minimum atomic E-state index is -0.292. The van der Waals surface area contributed by atoms with Crippen LogP contribution in [0.4, 0.5) is 11.4 Å². The van der Waals surface area contributed by atoms with E-state index >= 15 is 0 Å². The number of thioether (sulfide) groups is 1. The van der Waals surface area contributed by atoms with Gasteiger partial charge in [0.25, 0.3) is 5.91 Å². The van der Waals surface area contributed by atoms with Crippen molar-refractivity contribution in [3.63, 3.8) is 0 Å². The monoisotopic (exact) mass is 350 g/mol. The van der Waals surface area contributed by atoms with Crippen LogP contribution in [0.25, 0.3) is 0 Å². The SMILES string of the molecule is CC1S/C(=N\N=C2/C(=O)Nc3ccccc32)N(c2ccccc2)C1=O. The van der Waals surface area contributed by atoms with E-state index in [-0.39, 0.29) is 22.8 Å². The summed E-state index contributed by atoms with van der Waals surface area (Å²) in [4.78, 5) is 26.1. The Morgan fingerprint density at radius 2 is 1.72 bits per heavy atom. The second-order valence-electron chi connectivity index (χ2n) is 5.60. The number of nitrogens with one attached hydrogen (secondary N) is 1. The van der Waals surface area contributed by atoms with Crippen molar-refractivity contribution in [2.45, 2.75) is 12.2 Å². The number of benzene rings is 2. The molecule has 2 aromatic rings. The molecule has 2 aromatic carbocycles. The summed E-state index contributed by atoms with van der Waals surface area (Å²) in [5.74, 6) is -0.342. The van der Waals surface area contributed by atoms with Crippen LogP contribution in [-0.2, 0) is 9.59 Å². The third-order valence-electron chi connectivity index (χ3n) is 3.94. The van der Waals surface area contributed by atoms with E-state index in [1.54, 1.807) is 0 Å². The number of carbonyl (C=O) groups excluding carboxylic acids is 2. The number of hydrogen-bond acceptors (Lipinski definition) is 5. The minimum Gasteiger partial charge on any atom is -0.320 e. The highest BCUT2D eigenvalue weighted by Gasteiger charge is 2.36. The lowest BCUT2D eigenvalue weighted by Gasteiger charge is -2.15. The molecule has 1 fully saturated rings. The van der Waals surface area contributed by atoms with Gasteiger partial charge in [-0.05, 0) is 25.1 Å². The quantitative estimate of drug-likeness (QED) is 0.847. The largest absolute Gasteiger partial charge is 0.320 e. The molecule has 2 amide bonds. The molecule has 0 saturated carbocycles. The maximum Gasteiger partial charge on any atom is 0.276 e. The fourth-order valence-corrected chi connectivity index (χ4v) is 3.63. The summed E-state index contributed by atoms with van der Waals surface area (Å²) in [5, 5.41) is 11.4. The van der Waals surface area contributed by atoms with Crippen molar-refractivity contribution in [2.24, 2.45) is 10.2 Å². The molecule has 0 bridgehead atoms. The Balaban J connectivity index is 1.73. The fraction of sp³-hybridized carbons (Fsp3) is 0.111. The molecule has 2 aliphatic heterocycles. The third-order valence-corrected chi connectivity index (χ3v) is 4.97. The van der Waals surface area contributed by atoms with Crippen LogP contribution < -0.4 is 10.2 Å². The van der Waals surface area contributed by atoms with Crippen molar-refractivity contribution in [3.05, 3.63) is 60.2 Å². The zero-order valence-electron chi connectivity index (χ0n) is 13.3. The molecule has 7 heteroatoms. The van der Waals surface area contributed by atoms with Crippen molar-refractivity contribution in [3.8, 4) is 0 Å². The number of fused-ring (bicyclic) bond motifs is 1. The molecule has 0 radical (unpaired) electrons. The molecule has 1 N–H and O–H groups in total. The van der Waals surface area contributed by atoms with Gasteiger partial charge in [0.15, 0.2) is 10.9 Å². The molecule has 1 atom stereocenters. The van der Waals surface area contributed by atoms with Gasteiger partial charge >= 0.3 is 0 Å². The van der Waals surface area contributed by atoms with Gasteiger partial charge in [-0.25, -0.2) is 0 Å². The van der Waals surface area contributed by atoms with E-state index in [1.165, 1.54) is 16.7 Å². The van der Waals surface area contributed by atoms with Crippen molar-refractivity contribution in [2.75, 3.05) is 10.2 Å². The molecule has 2 heterocycles. The van der Waals surface area contributed by atoms with Crippen molar-refractivity contribution in [1.82, 2.24) is 0 Å². The zero-order valence-corrected chi connectivity index (χ0v) is 14.2. The van der Waals surface area contributed by atoms with Crippen LogP contribution in [0.3, 0.4) is 0 Å². The lowest BCUT2D eigenvalue weighted by molar-refractivity contribution is -0.116. The third kappa shape index (κ3) is 2.72. The Morgan fingerprint density at radius 3 is 2.52 bits per heavy atom. The molecule has 1 unspecified atom stereocenters. The Bertz CT molecular complexity index is 924. The predicted octanol–water partition coefficient (Wildman–Crippen LogP) is 2.87. The van der Waals surface area contributed by atoms with Gasteiger partial charge in [0.1, 0.15) is 0 Å². The van der Waals surface area contributed by atoms with Gasteiger partial charge in [0.2, 0.25) is 5.91 Å². The summed E-state index contributed by atoms with van der Waals surface area (Å²) >= 11 is 1.33. The number of rotatable bonds is 2. The maximum atomic E-state index is 12.5. The molecule has 124 valence electrons. The molecular weight excluding hydrogens is 336 g/mol. The normalized spacial score (nSPS) is 22.6. The maximum absolute atomic E-state index is 12.5. The number of amidine groups is 1. The van der Waals surface area contributed by atoms with Gasteiger partial charge in [-0.1, -0.05) is 48.2 Å². The number of carbonyl (C=O) groups is 2. The molecule has 0 aliphatic carbocycles. The summed E-state index contributed by atoms with van der Waals surface area (Å²) in [6.45, 7) is 1.83. The van der Waals surface area contributed by atoms with Gasteiger partial charge in [0, 0.05) is 5.56 Å². The highest BCUT2D eigenvalue weighted by molar-refractivity contribution is 8.16. The fourth-order valence-electron chi connectivity index (χ4n) is 2.71. The number of para-hydroxylation sites is 2. The van der Waals surface area contributed by atoms with Gasteiger partial charge in [-0.15, -0.1) is 10.2 Å². The van der Waals surface area contributed by atoms with E-state index in [0.717, 1.165) is 11.4 Å². The summed E-state index contributed by atoms with van der Waals surface area (Å²) in [7, 11) is 0. The lowest BCUT2D eigenvalue weighted by Crippen LogP contribution is -2.31. The van der Waals surface area contributed by atoms with Gasteiger partial charge in [0.05, 0.1) is 16.6 Å². The average Bonchev–Trinajstić information content (AvgIpc) is 3.10. The van der Waals surface area contributed by atoms with Crippen LogP contribution in [0, 0.1) is 0 Å². The lowest BCUT2D eigenvalue weighted by atomic mass is 10.1. The van der Waals surface area contributed by atoms with Crippen molar-refractivity contribution < 1.29 is 9.59 Å². The average molecular weight is 350 g/mol. The standard InChI is InChI=1S/C18H14N4O2S/c1-11-17(24)22(12-7-3-2-4-8-12)18(25-11)21-20-15-13-9-5-6-10-14(13)19-16(15)23/h2-11H,1H3,(H,19,20,23)/b21-18-. The Hall–Kier alpha value is -2.93. The first-order chi connectivity index (χ1) is 12.1. The molecule has 0 aromatic heterocycles. The van der Waals surface area contributed by atoms with Crippen LogP contribution in [-0.4, -0.2) is 27.9 Å². The van der Waals surface area contributed by atoms with Crippen molar-refractivity contribution >= 4 is 45.8 Å². The summed E-state index contributed by atoms with van der Waals surface area (Å²) in [5.41, 5.74) is 2.42.